The van der Waals surface area contributed by atoms with Crippen molar-refractivity contribution in [2.24, 2.45) is 0 Å². The summed E-state index contributed by atoms with van der Waals surface area (Å²) < 4.78 is 20.7. The van der Waals surface area contributed by atoms with Crippen LogP contribution in [0.5, 0.6) is 0 Å². The highest BCUT2D eigenvalue weighted by molar-refractivity contribution is 7.86. The number of cyclic esters (lactones) is 1. The number of hydrogen-bond acceptors (Lipinski definition) is 5. The van der Waals surface area contributed by atoms with Gasteiger partial charge in [0.1, 0.15) is 23.3 Å². The Kier molecular flexibility index (Phi) is 5.71. The highest BCUT2D eigenvalue weighted by atomic mass is 32.2. The molecular formula is C21H18N4O4S. The SMILES string of the molecule is O=C(Nc1ccc(S(=O)Nc2ccccc2N2CCOC2=O)cc1)c1ccccn1. The number of rotatable bonds is 6. The molecule has 1 fully saturated rings. The highest BCUT2D eigenvalue weighted by Crippen LogP contribution is 2.29. The van der Waals surface area contributed by atoms with Crippen molar-refractivity contribution in [3.8, 4) is 0 Å². The molecule has 1 aromatic heterocycles. The number of hydrogen-bond donors (Lipinski definition) is 2. The van der Waals surface area contributed by atoms with E-state index in [4.69, 9.17) is 4.74 Å². The maximum atomic E-state index is 12.8. The van der Waals surface area contributed by atoms with Crippen LogP contribution in [0.25, 0.3) is 0 Å². The van der Waals surface area contributed by atoms with E-state index in [0.717, 1.165) is 0 Å². The molecule has 1 unspecified atom stereocenters. The second-order valence-corrected chi connectivity index (χ2v) is 7.56. The molecule has 8 nitrogen and oxygen atoms in total. The summed E-state index contributed by atoms with van der Waals surface area (Å²) in [7, 11) is -1.57. The Morgan fingerprint density at radius 2 is 1.80 bits per heavy atom. The van der Waals surface area contributed by atoms with Gasteiger partial charge in [0.15, 0.2) is 0 Å². The number of carbonyl (C=O) groups excluding carboxylic acids is 2. The molecule has 0 radical (unpaired) electrons. The van der Waals surface area contributed by atoms with Crippen LogP contribution < -0.4 is 14.9 Å². The second kappa shape index (κ2) is 8.75. The number of benzene rings is 2. The normalized spacial score (nSPS) is 14.1. The Hall–Kier alpha value is -3.72. The summed E-state index contributed by atoms with van der Waals surface area (Å²) in [6.45, 7) is 0.761. The Morgan fingerprint density at radius 3 is 2.50 bits per heavy atom. The van der Waals surface area contributed by atoms with Crippen molar-refractivity contribution in [2.75, 3.05) is 28.1 Å². The Balaban J connectivity index is 1.45. The number of anilines is 3. The third kappa shape index (κ3) is 4.31. The van der Waals surface area contributed by atoms with Crippen molar-refractivity contribution in [3.63, 3.8) is 0 Å². The fraction of sp³-hybridized carbons (Fsp3) is 0.0952. The molecule has 30 heavy (non-hydrogen) atoms. The minimum absolute atomic E-state index is 0.309. The molecule has 2 amide bonds. The van der Waals surface area contributed by atoms with Crippen LogP contribution in [0.4, 0.5) is 21.9 Å². The number of nitrogens with one attached hydrogen (secondary N) is 2. The summed E-state index contributed by atoms with van der Waals surface area (Å²) in [4.78, 5) is 30.1. The van der Waals surface area contributed by atoms with E-state index in [1.807, 2.05) is 0 Å². The van der Waals surface area contributed by atoms with E-state index in [9.17, 15) is 13.8 Å². The van der Waals surface area contributed by atoms with Crippen LogP contribution in [0.2, 0.25) is 0 Å². The molecule has 2 N–H and O–H groups in total. The molecule has 0 aliphatic carbocycles. The summed E-state index contributed by atoms with van der Waals surface area (Å²) in [5.41, 5.74) is 2.03. The van der Waals surface area contributed by atoms with E-state index in [2.05, 4.69) is 15.0 Å². The first-order valence-electron chi connectivity index (χ1n) is 9.16. The highest BCUT2D eigenvalue weighted by Gasteiger charge is 2.26. The van der Waals surface area contributed by atoms with Crippen LogP contribution >= 0.6 is 0 Å². The number of aromatic nitrogens is 1. The zero-order valence-electron chi connectivity index (χ0n) is 15.8. The topological polar surface area (TPSA) is 101 Å². The van der Waals surface area contributed by atoms with E-state index < -0.39 is 17.1 Å². The molecule has 1 atom stereocenters. The van der Waals surface area contributed by atoms with E-state index in [1.165, 1.54) is 4.90 Å². The average molecular weight is 422 g/mol. The first-order chi connectivity index (χ1) is 14.6. The molecule has 9 heteroatoms. The number of ether oxygens (including phenoxy) is 1. The quantitative estimate of drug-likeness (QED) is 0.634. The molecule has 0 spiro atoms. The molecule has 3 aromatic rings. The lowest BCUT2D eigenvalue weighted by molar-refractivity contribution is 0.102. The van der Waals surface area contributed by atoms with Gasteiger partial charge in [-0.3, -0.25) is 19.4 Å². The smallest absolute Gasteiger partial charge is 0.414 e. The Labute approximate surface area is 175 Å². The van der Waals surface area contributed by atoms with E-state index in [-0.39, 0.29) is 5.91 Å². The summed E-state index contributed by atoms with van der Waals surface area (Å²) in [6.07, 6.45) is 1.12. The second-order valence-electron chi connectivity index (χ2n) is 6.35. The predicted molar refractivity (Wildman–Crippen MR) is 114 cm³/mol. The summed E-state index contributed by atoms with van der Waals surface area (Å²) >= 11 is 0. The lowest BCUT2D eigenvalue weighted by Crippen LogP contribution is -2.24. The maximum Gasteiger partial charge on any atom is 0.414 e. The van der Waals surface area contributed by atoms with Crippen LogP contribution in [-0.4, -0.2) is 34.3 Å². The zero-order chi connectivity index (χ0) is 20.9. The van der Waals surface area contributed by atoms with Crippen LogP contribution in [0.15, 0.2) is 77.8 Å². The van der Waals surface area contributed by atoms with Crippen molar-refractivity contribution in [1.29, 1.82) is 0 Å². The number of amides is 2. The number of pyridine rings is 1. The first-order valence-corrected chi connectivity index (χ1v) is 10.3. The third-order valence-corrected chi connectivity index (χ3v) is 5.49. The standard InChI is InChI=1S/C21H18N4O4S/c26-20(18-6-3-4-12-22-18)23-15-8-10-16(11-9-15)30(28)24-17-5-1-2-7-19(17)25-13-14-29-21(25)27/h1-12,24H,13-14H2,(H,23,26). The fourth-order valence-electron chi connectivity index (χ4n) is 2.92. The van der Waals surface area contributed by atoms with Crippen molar-refractivity contribution >= 4 is 40.0 Å². The Bertz CT molecular complexity index is 1090. The summed E-state index contributed by atoms with van der Waals surface area (Å²) in [6, 6.07) is 18.8. The van der Waals surface area contributed by atoms with Gasteiger partial charge < -0.3 is 10.1 Å². The fourth-order valence-corrected chi connectivity index (χ4v) is 3.79. The molecule has 152 valence electrons. The predicted octanol–water partition coefficient (Wildman–Crippen LogP) is 3.43. The number of nitrogens with zero attached hydrogens (tertiary/aromatic N) is 2. The molecule has 0 saturated carbocycles. The molecule has 1 aliphatic rings. The van der Waals surface area contributed by atoms with Crippen LogP contribution in [0, 0.1) is 0 Å². The van der Waals surface area contributed by atoms with Crippen LogP contribution in [-0.2, 0) is 15.7 Å². The largest absolute Gasteiger partial charge is 0.447 e. The van der Waals surface area contributed by atoms with Gasteiger partial charge in [0.2, 0.25) is 0 Å². The van der Waals surface area contributed by atoms with E-state index in [1.54, 1.807) is 72.9 Å². The van der Waals surface area contributed by atoms with Crippen molar-refractivity contribution in [2.45, 2.75) is 4.90 Å². The van der Waals surface area contributed by atoms with Gasteiger partial charge >= 0.3 is 6.09 Å². The number of para-hydroxylation sites is 2. The van der Waals surface area contributed by atoms with Crippen molar-refractivity contribution < 1.29 is 18.5 Å². The molecule has 0 bridgehead atoms. The van der Waals surface area contributed by atoms with Gasteiger partial charge in [-0.25, -0.2) is 9.00 Å². The van der Waals surface area contributed by atoms with Gasteiger partial charge in [0, 0.05) is 11.9 Å². The lowest BCUT2D eigenvalue weighted by Gasteiger charge is -2.18. The minimum atomic E-state index is -1.57. The molecule has 1 aliphatic heterocycles. The lowest BCUT2D eigenvalue weighted by atomic mass is 10.2. The monoisotopic (exact) mass is 422 g/mol. The maximum absolute atomic E-state index is 12.8. The van der Waals surface area contributed by atoms with Crippen LogP contribution in [0.3, 0.4) is 0 Å². The minimum Gasteiger partial charge on any atom is -0.447 e. The molecule has 4 rings (SSSR count). The van der Waals surface area contributed by atoms with Gasteiger partial charge in [-0.2, -0.15) is 0 Å². The van der Waals surface area contributed by atoms with E-state index >= 15 is 0 Å². The third-order valence-electron chi connectivity index (χ3n) is 4.38. The van der Waals surface area contributed by atoms with Crippen molar-refractivity contribution in [3.05, 3.63) is 78.6 Å². The molecule has 2 aromatic carbocycles. The zero-order valence-corrected chi connectivity index (χ0v) is 16.6. The van der Waals surface area contributed by atoms with Crippen molar-refractivity contribution in [1.82, 2.24) is 4.98 Å². The van der Waals surface area contributed by atoms with Gasteiger partial charge in [-0.15, -0.1) is 0 Å². The summed E-state index contributed by atoms with van der Waals surface area (Å²) in [5.74, 6) is -0.325. The van der Waals surface area contributed by atoms with Gasteiger partial charge in [0.25, 0.3) is 5.91 Å². The first kappa shape index (κ1) is 19.6. The van der Waals surface area contributed by atoms with Gasteiger partial charge in [0.05, 0.1) is 22.8 Å². The molecular weight excluding hydrogens is 404 g/mol. The molecule has 2 heterocycles. The number of carbonyl (C=O) groups is 2. The summed E-state index contributed by atoms with van der Waals surface area (Å²) in [5, 5.41) is 2.75. The average Bonchev–Trinajstić information content (AvgIpc) is 3.21. The molecule has 1 saturated heterocycles. The van der Waals surface area contributed by atoms with Gasteiger partial charge in [-0.05, 0) is 48.5 Å². The Morgan fingerprint density at radius 1 is 1.03 bits per heavy atom. The van der Waals surface area contributed by atoms with Crippen LogP contribution in [0.1, 0.15) is 10.5 Å². The van der Waals surface area contributed by atoms with Gasteiger partial charge in [-0.1, -0.05) is 18.2 Å². The van der Waals surface area contributed by atoms with E-state index in [0.29, 0.717) is 40.8 Å².